The average molecular weight is 226 g/mol. The lowest BCUT2D eigenvalue weighted by Crippen LogP contribution is -2.24. The van der Waals surface area contributed by atoms with Crippen LogP contribution in [0.2, 0.25) is 0 Å². The quantitative estimate of drug-likeness (QED) is 0.812. The molecule has 1 aromatic heterocycles. The number of ketones is 1. The molecule has 0 radical (unpaired) electrons. The van der Waals surface area contributed by atoms with Gasteiger partial charge in [0.05, 0.1) is 6.54 Å². The van der Waals surface area contributed by atoms with Gasteiger partial charge in [0, 0.05) is 29.4 Å². The molecule has 0 unspecified atom stereocenters. The fourth-order valence-corrected chi connectivity index (χ4v) is 1.99. The zero-order chi connectivity index (χ0) is 11.7. The molecular weight excluding hydrogens is 212 g/mol. The van der Waals surface area contributed by atoms with E-state index in [9.17, 15) is 4.79 Å². The number of nitrogens with zero attached hydrogens (tertiary/aromatic N) is 1. The first-order chi connectivity index (χ1) is 8.34. The minimum atomic E-state index is 0.161. The molecule has 0 bridgehead atoms. The first kappa shape index (κ1) is 10.4. The Balaban J connectivity index is 1.89. The van der Waals surface area contributed by atoms with Crippen LogP contribution < -0.4 is 5.32 Å². The predicted molar refractivity (Wildman–Crippen MR) is 67.1 cm³/mol. The topological polar surface area (TPSA) is 42.0 Å². The highest BCUT2D eigenvalue weighted by atomic mass is 16.1. The van der Waals surface area contributed by atoms with Crippen LogP contribution >= 0.6 is 0 Å². The van der Waals surface area contributed by atoms with Crippen molar-refractivity contribution in [1.82, 2.24) is 10.3 Å². The number of benzene rings is 1. The zero-order valence-electron chi connectivity index (χ0n) is 9.52. The smallest absolute Gasteiger partial charge is 0.177 e. The van der Waals surface area contributed by atoms with Crippen LogP contribution in [0.4, 0.5) is 0 Å². The molecule has 0 amide bonds. The standard InChI is InChI=1S/C14H14N2O/c17-14(9-16-11-4-5-11)13-3-1-2-10-8-15-7-6-12(10)13/h1-3,6-8,11,16H,4-5,9H2. The summed E-state index contributed by atoms with van der Waals surface area (Å²) in [4.78, 5) is 16.2. The highest BCUT2D eigenvalue weighted by molar-refractivity contribution is 6.08. The van der Waals surface area contributed by atoms with Crippen LogP contribution in [0.15, 0.2) is 36.7 Å². The number of aromatic nitrogens is 1. The predicted octanol–water partition coefficient (Wildman–Crippen LogP) is 2.17. The van der Waals surface area contributed by atoms with Crippen molar-refractivity contribution in [2.24, 2.45) is 0 Å². The van der Waals surface area contributed by atoms with Gasteiger partial charge in [0.2, 0.25) is 0 Å². The van der Waals surface area contributed by atoms with Crippen molar-refractivity contribution >= 4 is 16.6 Å². The molecule has 0 saturated heterocycles. The molecule has 1 aliphatic carbocycles. The summed E-state index contributed by atoms with van der Waals surface area (Å²) >= 11 is 0. The second kappa shape index (κ2) is 4.26. The highest BCUT2D eigenvalue weighted by Gasteiger charge is 2.21. The van der Waals surface area contributed by atoms with E-state index in [1.165, 1.54) is 12.8 Å². The van der Waals surface area contributed by atoms with Crippen molar-refractivity contribution in [3.8, 4) is 0 Å². The molecule has 0 spiro atoms. The van der Waals surface area contributed by atoms with Crippen LogP contribution in [0.1, 0.15) is 23.2 Å². The Labute approximate surface area is 99.9 Å². The molecule has 0 aliphatic heterocycles. The van der Waals surface area contributed by atoms with E-state index in [0.29, 0.717) is 12.6 Å². The fraction of sp³-hybridized carbons (Fsp3) is 0.286. The molecule has 86 valence electrons. The van der Waals surface area contributed by atoms with Crippen LogP contribution in [0, 0.1) is 0 Å². The normalized spacial score (nSPS) is 15.1. The lowest BCUT2D eigenvalue weighted by molar-refractivity contribution is 0.0992. The van der Waals surface area contributed by atoms with Gasteiger partial charge in [0.1, 0.15) is 0 Å². The van der Waals surface area contributed by atoms with E-state index in [-0.39, 0.29) is 5.78 Å². The summed E-state index contributed by atoms with van der Waals surface area (Å²) in [7, 11) is 0. The molecule has 1 N–H and O–H groups in total. The number of fused-ring (bicyclic) bond motifs is 1. The largest absolute Gasteiger partial charge is 0.307 e. The van der Waals surface area contributed by atoms with E-state index < -0.39 is 0 Å². The van der Waals surface area contributed by atoms with Gasteiger partial charge in [0.15, 0.2) is 5.78 Å². The molecule has 1 heterocycles. The molecule has 1 aromatic carbocycles. The van der Waals surface area contributed by atoms with Crippen molar-refractivity contribution in [2.75, 3.05) is 6.54 Å². The van der Waals surface area contributed by atoms with Gasteiger partial charge in [-0.25, -0.2) is 0 Å². The number of carbonyl (C=O) groups excluding carboxylic acids is 1. The lowest BCUT2D eigenvalue weighted by atomic mass is 10.0. The average Bonchev–Trinajstić information content (AvgIpc) is 3.19. The Morgan fingerprint density at radius 3 is 3.06 bits per heavy atom. The number of rotatable bonds is 4. The first-order valence-electron chi connectivity index (χ1n) is 5.94. The zero-order valence-corrected chi connectivity index (χ0v) is 9.52. The fourth-order valence-electron chi connectivity index (χ4n) is 1.99. The van der Waals surface area contributed by atoms with Gasteiger partial charge < -0.3 is 5.32 Å². The van der Waals surface area contributed by atoms with E-state index in [4.69, 9.17) is 0 Å². The Kier molecular flexibility index (Phi) is 2.61. The van der Waals surface area contributed by atoms with E-state index in [2.05, 4.69) is 10.3 Å². The summed E-state index contributed by atoms with van der Waals surface area (Å²) in [6.07, 6.45) is 5.92. The number of pyridine rings is 1. The third-order valence-electron chi connectivity index (χ3n) is 3.11. The molecule has 3 nitrogen and oxygen atoms in total. The Morgan fingerprint density at radius 2 is 2.24 bits per heavy atom. The van der Waals surface area contributed by atoms with Gasteiger partial charge in [-0.2, -0.15) is 0 Å². The van der Waals surface area contributed by atoms with Gasteiger partial charge in [0.25, 0.3) is 0 Å². The molecule has 0 atom stereocenters. The number of nitrogens with one attached hydrogen (secondary N) is 1. The summed E-state index contributed by atoms with van der Waals surface area (Å²) in [6.45, 7) is 0.437. The summed E-state index contributed by atoms with van der Waals surface area (Å²) in [5.74, 6) is 0.161. The minimum absolute atomic E-state index is 0.161. The maximum absolute atomic E-state index is 12.1. The molecule has 1 fully saturated rings. The van der Waals surface area contributed by atoms with Crippen molar-refractivity contribution in [2.45, 2.75) is 18.9 Å². The van der Waals surface area contributed by atoms with Crippen LogP contribution in [0.3, 0.4) is 0 Å². The number of hydrogen-bond acceptors (Lipinski definition) is 3. The number of carbonyl (C=O) groups is 1. The second-order valence-electron chi connectivity index (χ2n) is 4.48. The maximum Gasteiger partial charge on any atom is 0.177 e. The van der Waals surface area contributed by atoms with E-state index >= 15 is 0 Å². The lowest BCUT2D eigenvalue weighted by Gasteiger charge is -2.06. The molecule has 3 heteroatoms. The van der Waals surface area contributed by atoms with Crippen LogP contribution in [-0.2, 0) is 0 Å². The monoisotopic (exact) mass is 226 g/mol. The van der Waals surface area contributed by atoms with Gasteiger partial charge in [-0.05, 0) is 24.3 Å². The first-order valence-corrected chi connectivity index (χ1v) is 5.94. The summed E-state index contributed by atoms with van der Waals surface area (Å²) in [5.41, 5.74) is 0.790. The number of Topliss-reactive ketones (excluding diaryl/α,β-unsaturated/α-hetero) is 1. The van der Waals surface area contributed by atoms with E-state index in [0.717, 1.165) is 16.3 Å². The van der Waals surface area contributed by atoms with Crippen molar-refractivity contribution in [3.05, 3.63) is 42.2 Å². The molecule has 2 aromatic rings. The Hall–Kier alpha value is -1.74. The van der Waals surface area contributed by atoms with Crippen molar-refractivity contribution in [1.29, 1.82) is 0 Å². The Morgan fingerprint density at radius 1 is 1.35 bits per heavy atom. The van der Waals surface area contributed by atoms with Gasteiger partial charge in [-0.3, -0.25) is 9.78 Å². The summed E-state index contributed by atoms with van der Waals surface area (Å²) in [6, 6.07) is 8.25. The summed E-state index contributed by atoms with van der Waals surface area (Å²) in [5, 5.41) is 5.26. The van der Waals surface area contributed by atoms with Crippen molar-refractivity contribution < 1.29 is 4.79 Å². The van der Waals surface area contributed by atoms with Gasteiger partial charge in [-0.15, -0.1) is 0 Å². The SMILES string of the molecule is O=C(CNC1CC1)c1cccc2cnccc12. The van der Waals surface area contributed by atoms with Crippen LogP contribution in [-0.4, -0.2) is 23.4 Å². The van der Waals surface area contributed by atoms with Gasteiger partial charge in [-0.1, -0.05) is 18.2 Å². The van der Waals surface area contributed by atoms with Crippen molar-refractivity contribution in [3.63, 3.8) is 0 Å². The molecule has 1 aliphatic rings. The Bertz CT molecular complexity index is 556. The number of hydrogen-bond donors (Lipinski definition) is 1. The van der Waals surface area contributed by atoms with E-state index in [1.54, 1.807) is 12.4 Å². The van der Waals surface area contributed by atoms with Crippen LogP contribution in [0.25, 0.3) is 10.8 Å². The van der Waals surface area contributed by atoms with Gasteiger partial charge >= 0.3 is 0 Å². The minimum Gasteiger partial charge on any atom is -0.307 e. The second-order valence-corrected chi connectivity index (χ2v) is 4.48. The maximum atomic E-state index is 12.1. The molecule has 1 saturated carbocycles. The highest BCUT2D eigenvalue weighted by Crippen LogP contribution is 2.20. The van der Waals surface area contributed by atoms with Crippen LogP contribution in [0.5, 0.6) is 0 Å². The third kappa shape index (κ3) is 2.19. The molecular formula is C14H14N2O. The molecule has 17 heavy (non-hydrogen) atoms. The summed E-state index contributed by atoms with van der Waals surface area (Å²) < 4.78 is 0. The van der Waals surface area contributed by atoms with E-state index in [1.807, 2.05) is 24.3 Å². The molecule has 3 rings (SSSR count). The third-order valence-corrected chi connectivity index (χ3v) is 3.11.